The molecule has 2 heterocycles. The average Bonchev–Trinajstić information content (AvgIpc) is 2.64. The fraction of sp³-hybridized carbons (Fsp3) is 0.692. The number of hydrogen-bond donors (Lipinski definition) is 1. The molecule has 0 aromatic carbocycles. The van der Waals surface area contributed by atoms with Crippen molar-refractivity contribution in [3.05, 3.63) is 24.0 Å². The first kappa shape index (κ1) is 11.7. The molecule has 0 unspecified atom stereocenters. The molecule has 0 aliphatic carbocycles. The third-order valence-electron chi connectivity index (χ3n) is 3.50. The summed E-state index contributed by atoms with van der Waals surface area (Å²) < 4.78 is 2.13. The summed E-state index contributed by atoms with van der Waals surface area (Å²) in [6.07, 6.45) is 5.49. The van der Waals surface area contributed by atoms with Crippen LogP contribution in [0, 0.1) is 0 Å². The van der Waals surface area contributed by atoms with E-state index in [2.05, 4.69) is 54.1 Å². The van der Waals surface area contributed by atoms with E-state index in [1.807, 2.05) is 0 Å². The van der Waals surface area contributed by atoms with Crippen LogP contribution in [0.15, 0.2) is 18.5 Å². The molecule has 0 spiro atoms. The van der Waals surface area contributed by atoms with Crippen LogP contribution >= 0.6 is 0 Å². The number of nitrogens with one attached hydrogen (secondary N) is 1. The van der Waals surface area contributed by atoms with Gasteiger partial charge in [-0.15, -0.1) is 0 Å². The highest BCUT2D eigenvalue weighted by atomic mass is 15.2. The van der Waals surface area contributed by atoms with E-state index in [-0.39, 0.29) is 5.54 Å². The van der Waals surface area contributed by atoms with Gasteiger partial charge in [-0.1, -0.05) is 0 Å². The molecule has 1 fully saturated rings. The van der Waals surface area contributed by atoms with Gasteiger partial charge in [0.1, 0.15) is 0 Å². The lowest BCUT2D eigenvalue weighted by Crippen LogP contribution is -2.54. The Morgan fingerprint density at radius 2 is 2.00 bits per heavy atom. The highest BCUT2D eigenvalue weighted by Gasteiger charge is 2.27. The van der Waals surface area contributed by atoms with E-state index in [1.165, 1.54) is 18.7 Å². The Labute approximate surface area is 98.4 Å². The van der Waals surface area contributed by atoms with Gasteiger partial charge >= 0.3 is 0 Å². The van der Waals surface area contributed by atoms with Gasteiger partial charge in [-0.3, -0.25) is 4.90 Å². The van der Waals surface area contributed by atoms with Crippen molar-refractivity contribution in [2.75, 3.05) is 26.2 Å². The molecule has 3 heteroatoms. The summed E-state index contributed by atoms with van der Waals surface area (Å²) in [6, 6.07) is 2.23. The van der Waals surface area contributed by atoms with E-state index in [9.17, 15) is 0 Å². The molecule has 16 heavy (non-hydrogen) atoms. The zero-order valence-corrected chi connectivity index (χ0v) is 10.7. The van der Waals surface area contributed by atoms with Crippen LogP contribution in [-0.2, 0) is 13.5 Å². The van der Waals surface area contributed by atoms with Crippen molar-refractivity contribution in [3.8, 4) is 0 Å². The number of hydrogen-bond acceptors (Lipinski definition) is 2. The zero-order valence-electron chi connectivity index (χ0n) is 10.7. The van der Waals surface area contributed by atoms with Gasteiger partial charge in [0.15, 0.2) is 0 Å². The van der Waals surface area contributed by atoms with E-state index in [0.717, 1.165) is 19.5 Å². The smallest absolute Gasteiger partial charge is 0.0195 e. The summed E-state index contributed by atoms with van der Waals surface area (Å²) in [5, 5.41) is 3.41. The van der Waals surface area contributed by atoms with Crippen LogP contribution in [0.1, 0.15) is 19.4 Å². The third kappa shape index (κ3) is 2.66. The maximum Gasteiger partial charge on any atom is 0.0195 e. The first-order valence-electron chi connectivity index (χ1n) is 6.14. The standard InChI is InChI=1S/C13H23N3/c1-13(2,16-8-5-14-6-9-16)10-12-4-7-15(3)11-12/h4,7,11,14H,5-6,8-10H2,1-3H3. The van der Waals surface area contributed by atoms with Crippen LogP contribution in [0.3, 0.4) is 0 Å². The monoisotopic (exact) mass is 221 g/mol. The van der Waals surface area contributed by atoms with Gasteiger partial charge in [0.25, 0.3) is 0 Å². The molecule has 0 radical (unpaired) electrons. The predicted molar refractivity (Wildman–Crippen MR) is 67.6 cm³/mol. The normalized spacial score (nSPS) is 18.9. The summed E-state index contributed by atoms with van der Waals surface area (Å²) in [4.78, 5) is 2.59. The van der Waals surface area contributed by atoms with Gasteiger partial charge in [0.05, 0.1) is 0 Å². The van der Waals surface area contributed by atoms with E-state index >= 15 is 0 Å². The lowest BCUT2D eigenvalue weighted by Gasteiger charge is -2.41. The fourth-order valence-electron chi connectivity index (χ4n) is 2.55. The van der Waals surface area contributed by atoms with E-state index in [0.29, 0.717) is 0 Å². The van der Waals surface area contributed by atoms with Crippen LogP contribution in [0.2, 0.25) is 0 Å². The van der Waals surface area contributed by atoms with Crippen LogP contribution in [-0.4, -0.2) is 41.2 Å². The quantitative estimate of drug-likeness (QED) is 0.829. The van der Waals surface area contributed by atoms with E-state index in [4.69, 9.17) is 0 Å². The molecule has 0 saturated carbocycles. The minimum atomic E-state index is 0.267. The number of nitrogens with zero attached hydrogens (tertiary/aromatic N) is 2. The minimum Gasteiger partial charge on any atom is -0.357 e. The molecular weight excluding hydrogens is 198 g/mol. The van der Waals surface area contributed by atoms with Crippen LogP contribution in [0.5, 0.6) is 0 Å². The first-order chi connectivity index (χ1) is 7.58. The highest BCUT2D eigenvalue weighted by molar-refractivity contribution is 5.13. The Hall–Kier alpha value is -0.800. The highest BCUT2D eigenvalue weighted by Crippen LogP contribution is 2.20. The van der Waals surface area contributed by atoms with Crippen LogP contribution in [0.4, 0.5) is 0 Å². The van der Waals surface area contributed by atoms with Crippen molar-refractivity contribution in [3.63, 3.8) is 0 Å². The molecule has 0 bridgehead atoms. The first-order valence-corrected chi connectivity index (χ1v) is 6.14. The Morgan fingerprint density at radius 3 is 2.56 bits per heavy atom. The van der Waals surface area contributed by atoms with Crippen LogP contribution < -0.4 is 5.32 Å². The lowest BCUT2D eigenvalue weighted by atomic mass is 9.93. The molecular formula is C13H23N3. The number of aromatic nitrogens is 1. The minimum absolute atomic E-state index is 0.267. The lowest BCUT2D eigenvalue weighted by molar-refractivity contribution is 0.104. The van der Waals surface area contributed by atoms with Gasteiger partial charge in [0, 0.05) is 51.2 Å². The molecule has 1 aromatic heterocycles. The van der Waals surface area contributed by atoms with Gasteiger partial charge in [-0.25, -0.2) is 0 Å². The molecule has 0 atom stereocenters. The summed E-state index contributed by atoms with van der Waals surface area (Å²) in [5.74, 6) is 0. The van der Waals surface area contributed by atoms with Gasteiger partial charge in [0.2, 0.25) is 0 Å². The summed E-state index contributed by atoms with van der Waals surface area (Å²) in [5.41, 5.74) is 1.70. The van der Waals surface area contributed by atoms with Crippen molar-refractivity contribution in [2.24, 2.45) is 7.05 Å². The summed E-state index contributed by atoms with van der Waals surface area (Å²) in [6.45, 7) is 9.28. The summed E-state index contributed by atoms with van der Waals surface area (Å²) >= 11 is 0. The molecule has 1 N–H and O–H groups in total. The average molecular weight is 221 g/mol. The molecule has 1 aliphatic heterocycles. The van der Waals surface area contributed by atoms with Crippen LogP contribution in [0.25, 0.3) is 0 Å². The molecule has 3 nitrogen and oxygen atoms in total. The maximum atomic E-state index is 3.41. The Morgan fingerprint density at radius 1 is 1.31 bits per heavy atom. The molecule has 2 rings (SSSR count). The van der Waals surface area contributed by atoms with E-state index in [1.54, 1.807) is 0 Å². The predicted octanol–water partition coefficient (Wildman–Crippen LogP) is 1.25. The molecule has 1 aromatic rings. The summed E-state index contributed by atoms with van der Waals surface area (Å²) in [7, 11) is 2.08. The van der Waals surface area contributed by atoms with Gasteiger partial charge in [-0.2, -0.15) is 0 Å². The maximum absolute atomic E-state index is 3.41. The van der Waals surface area contributed by atoms with Crippen molar-refractivity contribution in [1.29, 1.82) is 0 Å². The third-order valence-corrected chi connectivity index (χ3v) is 3.50. The van der Waals surface area contributed by atoms with Crippen molar-refractivity contribution in [2.45, 2.75) is 25.8 Å². The Bertz CT molecular complexity index is 335. The van der Waals surface area contributed by atoms with Gasteiger partial charge < -0.3 is 9.88 Å². The molecule has 1 saturated heterocycles. The number of rotatable bonds is 3. The Balaban J connectivity index is 2.00. The fourth-order valence-corrected chi connectivity index (χ4v) is 2.55. The molecule has 0 amide bonds. The largest absolute Gasteiger partial charge is 0.357 e. The second-order valence-electron chi connectivity index (χ2n) is 5.41. The second kappa shape index (κ2) is 4.60. The zero-order chi connectivity index (χ0) is 11.6. The van der Waals surface area contributed by atoms with Crippen molar-refractivity contribution in [1.82, 2.24) is 14.8 Å². The number of piperazine rings is 1. The number of aryl methyl sites for hydroxylation is 1. The topological polar surface area (TPSA) is 20.2 Å². The van der Waals surface area contributed by atoms with Crippen molar-refractivity contribution < 1.29 is 0 Å². The van der Waals surface area contributed by atoms with E-state index < -0.39 is 0 Å². The Kier molecular flexibility index (Phi) is 3.36. The van der Waals surface area contributed by atoms with Crippen molar-refractivity contribution >= 4 is 0 Å². The molecule has 1 aliphatic rings. The molecule has 90 valence electrons. The van der Waals surface area contributed by atoms with Gasteiger partial charge in [-0.05, 0) is 31.9 Å². The SMILES string of the molecule is Cn1ccc(CC(C)(C)N2CCNCC2)c1. The second-order valence-corrected chi connectivity index (χ2v) is 5.41.